The highest BCUT2D eigenvalue weighted by molar-refractivity contribution is 8.72. The van der Waals surface area contributed by atoms with Gasteiger partial charge in [0.05, 0.1) is 4.90 Å². The minimum absolute atomic E-state index is 0.00107. The van der Waals surface area contributed by atoms with Crippen molar-refractivity contribution in [2.24, 2.45) is 0 Å². The second-order valence-corrected chi connectivity index (χ2v) is 13.2. The van der Waals surface area contributed by atoms with Crippen LogP contribution in [0, 0.1) is 0 Å². The standard InChI is InChI=1S/C29H27ClN2O7S2/c1-20(17-30)26(29(35)39-18-21-11-5-2-6-12-21)32-27(34)25(31-24(33)19-38-22-13-7-3-8-14-22)28(32)40-41(36,37)23-15-9-4-10-16-23/h2-16,25-26,28H,1,17-19H2,(H,31,33). The van der Waals surface area contributed by atoms with Gasteiger partial charge in [-0.05, 0) is 35.4 Å². The first-order valence-electron chi connectivity index (χ1n) is 12.4. The van der Waals surface area contributed by atoms with Crippen LogP contribution in [0.25, 0.3) is 0 Å². The number of carbonyl (C=O) groups excluding carboxylic acids is 3. The fourth-order valence-electron chi connectivity index (χ4n) is 4.01. The third kappa shape index (κ3) is 7.49. The summed E-state index contributed by atoms with van der Waals surface area (Å²) in [5.74, 6) is -1.91. The predicted octanol–water partition coefficient (Wildman–Crippen LogP) is 3.75. The summed E-state index contributed by atoms with van der Waals surface area (Å²) in [6.45, 7) is 3.34. The number of β-lactam (4-membered cyclic amide) rings is 1. The van der Waals surface area contributed by atoms with E-state index >= 15 is 0 Å². The summed E-state index contributed by atoms with van der Waals surface area (Å²) in [6, 6.07) is 22.5. The lowest BCUT2D eigenvalue weighted by molar-refractivity contribution is -0.163. The molecule has 1 N–H and O–H groups in total. The number of hydrogen-bond acceptors (Lipinski definition) is 8. The van der Waals surface area contributed by atoms with E-state index in [0.29, 0.717) is 22.1 Å². The molecule has 0 bridgehead atoms. The lowest BCUT2D eigenvalue weighted by atomic mass is 9.99. The smallest absolute Gasteiger partial charge is 0.333 e. The molecule has 0 radical (unpaired) electrons. The van der Waals surface area contributed by atoms with Crippen LogP contribution in [0.4, 0.5) is 0 Å². The fraction of sp³-hybridized carbons (Fsp3) is 0.207. The molecule has 1 saturated heterocycles. The summed E-state index contributed by atoms with van der Waals surface area (Å²) >= 11 is 6.02. The third-order valence-corrected chi connectivity index (χ3v) is 10.1. The third-order valence-electron chi connectivity index (χ3n) is 6.05. The molecular weight excluding hydrogens is 588 g/mol. The van der Waals surface area contributed by atoms with Gasteiger partial charge >= 0.3 is 5.97 Å². The van der Waals surface area contributed by atoms with Crippen molar-refractivity contribution in [2.75, 3.05) is 12.5 Å². The van der Waals surface area contributed by atoms with E-state index in [1.165, 1.54) is 12.1 Å². The zero-order valence-electron chi connectivity index (χ0n) is 21.7. The van der Waals surface area contributed by atoms with Crippen molar-refractivity contribution in [3.63, 3.8) is 0 Å². The highest BCUT2D eigenvalue weighted by Crippen LogP contribution is 2.40. The second kappa shape index (κ2) is 13.7. The number of hydrogen-bond donors (Lipinski definition) is 1. The Hall–Kier alpha value is -3.80. The summed E-state index contributed by atoms with van der Waals surface area (Å²) in [4.78, 5) is 40.4. The number of halogens is 1. The van der Waals surface area contributed by atoms with E-state index < -0.39 is 50.7 Å². The van der Waals surface area contributed by atoms with Gasteiger partial charge in [0.2, 0.25) is 14.8 Å². The Kier molecular flexibility index (Phi) is 10.1. The summed E-state index contributed by atoms with van der Waals surface area (Å²) in [7, 11) is -3.59. The molecule has 214 valence electrons. The van der Waals surface area contributed by atoms with Gasteiger partial charge < -0.3 is 19.7 Å². The van der Waals surface area contributed by atoms with Gasteiger partial charge in [-0.1, -0.05) is 73.3 Å². The van der Waals surface area contributed by atoms with Crippen LogP contribution in [0.5, 0.6) is 5.75 Å². The first-order chi connectivity index (χ1) is 19.7. The first-order valence-corrected chi connectivity index (χ1v) is 15.8. The number of carbonyl (C=O) groups is 3. The molecule has 3 aromatic carbocycles. The number of ether oxygens (including phenoxy) is 2. The van der Waals surface area contributed by atoms with Gasteiger partial charge in [0.1, 0.15) is 23.8 Å². The molecule has 0 spiro atoms. The Morgan fingerprint density at radius 2 is 1.56 bits per heavy atom. The molecule has 3 aromatic rings. The molecule has 3 atom stereocenters. The highest BCUT2D eigenvalue weighted by atomic mass is 35.5. The molecule has 0 saturated carbocycles. The lowest BCUT2D eigenvalue weighted by Gasteiger charge is -2.49. The zero-order chi connectivity index (χ0) is 29.4. The van der Waals surface area contributed by atoms with Crippen molar-refractivity contribution in [1.29, 1.82) is 0 Å². The molecule has 1 aliphatic heterocycles. The van der Waals surface area contributed by atoms with Gasteiger partial charge in [0.25, 0.3) is 5.91 Å². The number of rotatable bonds is 13. The van der Waals surface area contributed by atoms with E-state index in [9.17, 15) is 22.8 Å². The Balaban J connectivity index is 1.56. The highest BCUT2D eigenvalue weighted by Gasteiger charge is 2.56. The normalized spacial score (nSPS) is 17.2. The Morgan fingerprint density at radius 1 is 0.976 bits per heavy atom. The summed E-state index contributed by atoms with van der Waals surface area (Å²) < 4.78 is 37.5. The predicted molar refractivity (Wildman–Crippen MR) is 156 cm³/mol. The number of alkyl halides is 1. The van der Waals surface area contributed by atoms with Crippen molar-refractivity contribution in [3.8, 4) is 5.75 Å². The number of nitrogens with zero attached hydrogens (tertiary/aromatic N) is 1. The molecule has 1 fully saturated rings. The topological polar surface area (TPSA) is 119 Å². The van der Waals surface area contributed by atoms with Crippen LogP contribution >= 0.6 is 22.4 Å². The van der Waals surface area contributed by atoms with Gasteiger partial charge in [-0.2, -0.15) is 0 Å². The van der Waals surface area contributed by atoms with Crippen LogP contribution in [-0.2, 0) is 34.6 Å². The Morgan fingerprint density at radius 3 is 2.17 bits per heavy atom. The fourth-order valence-corrected chi connectivity index (χ4v) is 7.68. The van der Waals surface area contributed by atoms with Crippen molar-refractivity contribution in [3.05, 3.63) is 109 Å². The maximum Gasteiger partial charge on any atom is 0.333 e. The number of para-hydroxylation sites is 1. The van der Waals surface area contributed by atoms with E-state index in [-0.39, 0.29) is 23.0 Å². The van der Waals surface area contributed by atoms with E-state index in [1.54, 1.807) is 72.8 Å². The second-order valence-electron chi connectivity index (χ2n) is 8.93. The first kappa shape index (κ1) is 30.2. The van der Waals surface area contributed by atoms with Gasteiger partial charge in [0, 0.05) is 16.7 Å². The average molecular weight is 615 g/mol. The molecule has 41 heavy (non-hydrogen) atoms. The van der Waals surface area contributed by atoms with Crippen LogP contribution in [-0.4, -0.2) is 61.0 Å². The van der Waals surface area contributed by atoms with Gasteiger partial charge in [-0.25, -0.2) is 13.2 Å². The van der Waals surface area contributed by atoms with Gasteiger partial charge in [-0.3, -0.25) is 9.59 Å². The van der Waals surface area contributed by atoms with Crippen molar-refractivity contribution >= 4 is 49.0 Å². The average Bonchev–Trinajstić information content (AvgIpc) is 3.00. The molecule has 12 heteroatoms. The molecule has 2 amide bonds. The minimum atomic E-state index is -4.02. The number of benzene rings is 3. The van der Waals surface area contributed by atoms with Crippen molar-refractivity contribution in [1.82, 2.24) is 10.2 Å². The Labute approximate surface area is 246 Å². The monoisotopic (exact) mass is 614 g/mol. The van der Waals surface area contributed by atoms with Gasteiger partial charge in [0.15, 0.2) is 12.6 Å². The van der Waals surface area contributed by atoms with Gasteiger partial charge in [-0.15, -0.1) is 11.6 Å². The lowest BCUT2D eigenvalue weighted by Crippen LogP contribution is -2.73. The molecule has 3 unspecified atom stereocenters. The Bertz CT molecular complexity index is 1490. The minimum Gasteiger partial charge on any atom is -0.484 e. The van der Waals surface area contributed by atoms with Crippen LogP contribution in [0.1, 0.15) is 5.56 Å². The number of esters is 1. The summed E-state index contributed by atoms with van der Waals surface area (Å²) in [5.41, 5.74) is 0.852. The van der Waals surface area contributed by atoms with E-state index in [1.807, 2.05) is 6.07 Å². The van der Waals surface area contributed by atoms with Crippen LogP contribution in [0.2, 0.25) is 0 Å². The molecule has 0 aliphatic carbocycles. The SMILES string of the molecule is C=C(CCl)C(C(=O)OCc1ccccc1)N1C(=O)C(NC(=O)COc2ccccc2)C1SS(=O)(=O)c1ccccc1. The zero-order valence-corrected chi connectivity index (χ0v) is 24.1. The van der Waals surface area contributed by atoms with E-state index in [0.717, 1.165) is 4.90 Å². The quantitative estimate of drug-likeness (QED) is 0.102. The molecule has 4 rings (SSSR count). The molecule has 1 aliphatic rings. The van der Waals surface area contributed by atoms with E-state index in [4.69, 9.17) is 21.1 Å². The molecule has 1 heterocycles. The molecular formula is C29H27ClN2O7S2. The maximum atomic E-state index is 13.4. The van der Waals surface area contributed by atoms with E-state index in [2.05, 4.69) is 11.9 Å². The summed E-state index contributed by atoms with van der Waals surface area (Å²) in [5, 5.41) is 1.35. The number of nitrogens with one attached hydrogen (secondary N) is 1. The number of likely N-dealkylation sites (tertiary alicyclic amines) is 1. The summed E-state index contributed by atoms with van der Waals surface area (Å²) in [6.07, 6.45) is 0. The van der Waals surface area contributed by atoms with Crippen LogP contribution in [0.3, 0.4) is 0 Å². The van der Waals surface area contributed by atoms with Crippen LogP contribution in [0.15, 0.2) is 108 Å². The molecule has 9 nitrogen and oxygen atoms in total. The largest absolute Gasteiger partial charge is 0.484 e. The van der Waals surface area contributed by atoms with Crippen molar-refractivity contribution in [2.45, 2.75) is 29.0 Å². The van der Waals surface area contributed by atoms with Crippen LogP contribution < -0.4 is 10.1 Å². The molecule has 0 aromatic heterocycles. The van der Waals surface area contributed by atoms with Crippen molar-refractivity contribution < 1.29 is 32.3 Å². The number of amides is 2. The maximum absolute atomic E-state index is 13.4.